The Bertz CT molecular complexity index is 2020. The molecule has 107 heavy (non-hydrogen) atoms. The SMILES string of the molecule is CCCCCCCCCCCCCCCCCCCCCCCCC(=O)O[C@H](COC(=O)CCCCCCCCCCCCCCCCCCCC)COP(=O)(O)OC[C@@H](O)COP(=O)(O)OC[C@@H](COC(=O)CCCCCCCCCCC)OC(=O)CCCCCCCCCCCCCCCCCCCC. The summed E-state index contributed by atoms with van der Waals surface area (Å²) in [6.45, 7) is 5.05. The van der Waals surface area contributed by atoms with Crippen LogP contribution in [0.3, 0.4) is 0 Å². The van der Waals surface area contributed by atoms with Crippen molar-refractivity contribution < 1.29 is 80.2 Å². The molecule has 636 valence electrons. The molecule has 0 aromatic heterocycles. The molecule has 0 bridgehead atoms. The molecule has 3 N–H and O–H groups in total. The number of ether oxygens (including phenoxy) is 4. The molecule has 17 nitrogen and oxygen atoms in total. The molecule has 0 saturated carbocycles. The fraction of sp³-hybridized carbons (Fsp3) is 0.955. The second-order valence-electron chi connectivity index (χ2n) is 31.6. The summed E-state index contributed by atoms with van der Waals surface area (Å²) in [4.78, 5) is 73.2. The van der Waals surface area contributed by atoms with E-state index < -0.39 is 97.5 Å². The van der Waals surface area contributed by atoms with Gasteiger partial charge in [0.1, 0.15) is 19.3 Å². The van der Waals surface area contributed by atoms with Crippen LogP contribution in [0.2, 0.25) is 0 Å². The van der Waals surface area contributed by atoms with Gasteiger partial charge in [-0.3, -0.25) is 37.3 Å². The molecule has 0 radical (unpaired) electrons. The van der Waals surface area contributed by atoms with E-state index in [1.54, 1.807) is 0 Å². The topological polar surface area (TPSA) is 237 Å². The Balaban J connectivity index is 5.19. The maximum absolute atomic E-state index is 13.2. The standard InChI is InChI=1S/C88H172O17P2/c1-5-9-13-17-21-25-28-31-34-37-40-41-42-43-46-49-52-55-59-63-67-71-75-88(93)105-84(79-99-86(91)73-69-65-61-57-53-50-47-44-38-35-32-29-26-22-18-14-10-6-2)81-103-107(96,97)101-77-82(89)76-100-106(94,95)102-80-83(78-98-85(90)72-68-64-60-56-24-20-16-12-8-4)104-87(92)74-70-66-62-58-54-51-48-45-39-36-33-30-27-23-19-15-11-7-3/h82-84,89H,5-81H2,1-4H3,(H,94,95)(H,96,97)/t82-,83+,84+/m0/s1. The predicted molar refractivity (Wildman–Crippen MR) is 442 cm³/mol. The summed E-state index contributed by atoms with van der Waals surface area (Å²) < 4.78 is 68.9. The van der Waals surface area contributed by atoms with E-state index in [1.807, 2.05) is 0 Å². The number of carbonyl (C=O) groups is 4. The van der Waals surface area contributed by atoms with E-state index in [-0.39, 0.29) is 25.7 Å². The molecule has 19 heteroatoms. The van der Waals surface area contributed by atoms with Crippen molar-refractivity contribution in [2.45, 2.75) is 502 Å². The lowest BCUT2D eigenvalue weighted by molar-refractivity contribution is -0.161. The Kier molecular flexibility index (Phi) is 80.6. The molecule has 0 spiro atoms. The van der Waals surface area contributed by atoms with Gasteiger partial charge in [0, 0.05) is 25.7 Å². The molecule has 0 amide bonds. The summed E-state index contributed by atoms with van der Waals surface area (Å²) in [5.74, 6) is -2.10. The summed E-state index contributed by atoms with van der Waals surface area (Å²) in [6.07, 6.45) is 77.9. The van der Waals surface area contributed by atoms with Crippen molar-refractivity contribution in [1.29, 1.82) is 0 Å². The van der Waals surface area contributed by atoms with E-state index in [2.05, 4.69) is 27.7 Å². The Morgan fingerprint density at radius 1 is 0.224 bits per heavy atom. The van der Waals surface area contributed by atoms with Crippen LogP contribution in [0.5, 0.6) is 0 Å². The van der Waals surface area contributed by atoms with Crippen molar-refractivity contribution in [3.63, 3.8) is 0 Å². The van der Waals surface area contributed by atoms with Gasteiger partial charge < -0.3 is 33.8 Å². The highest BCUT2D eigenvalue weighted by atomic mass is 31.2. The number of rotatable bonds is 89. The van der Waals surface area contributed by atoms with E-state index in [9.17, 15) is 43.2 Å². The van der Waals surface area contributed by atoms with Gasteiger partial charge in [0.05, 0.1) is 26.4 Å². The zero-order chi connectivity index (χ0) is 78.1. The molecule has 2 unspecified atom stereocenters. The van der Waals surface area contributed by atoms with Gasteiger partial charge in [-0.2, -0.15) is 0 Å². The minimum Gasteiger partial charge on any atom is -0.462 e. The fourth-order valence-electron chi connectivity index (χ4n) is 13.9. The summed E-state index contributed by atoms with van der Waals surface area (Å²) >= 11 is 0. The van der Waals surface area contributed by atoms with Gasteiger partial charge in [0.15, 0.2) is 12.2 Å². The van der Waals surface area contributed by atoms with E-state index in [0.29, 0.717) is 25.7 Å². The molecule has 0 heterocycles. The number of phosphoric ester groups is 2. The summed E-state index contributed by atoms with van der Waals surface area (Å²) in [6, 6.07) is 0. The number of aliphatic hydroxyl groups excluding tert-OH is 1. The molecule has 0 aliphatic rings. The van der Waals surface area contributed by atoms with Gasteiger partial charge in [0.2, 0.25) is 0 Å². The molecule has 0 fully saturated rings. The van der Waals surface area contributed by atoms with Crippen LogP contribution in [-0.2, 0) is 65.4 Å². The third-order valence-corrected chi connectivity index (χ3v) is 22.8. The first-order valence-electron chi connectivity index (χ1n) is 45.8. The van der Waals surface area contributed by atoms with Crippen LogP contribution in [0.25, 0.3) is 0 Å². The average Bonchev–Trinajstić information content (AvgIpc) is 0.910. The normalized spacial score (nSPS) is 13.7. The molecule has 0 aliphatic heterocycles. The maximum atomic E-state index is 13.2. The first-order chi connectivity index (χ1) is 52.2. The lowest BCUT2D eigenvalue weighted by atomic mass is 10.0. The first kappa shape index (κ1) is 105. The Labute approximate surface area is 658 Å². The molecule has 0 saturated heterocycles. The van der Waals surface area contributed by atoms with Crippen molar-refractivity contribution in [2.24, 2.45) is 0 Å². The van der Waals surface area contributed by atoms with Gasteiger partial charge in [0.25, 0.3) is 0 Å². The number of carbonyl (C=O) groups excluding carboxylic acids is 4. The highest BCUT2D eigenvalue weighted by molar-refractivity contribution is 7.47. The molecule has 0 aliphatic carbocycles. The zero-order valence-electron chi connectivity index (χ0n) is 70.1. The van der Waals surface area contributed by atoms with Gasteiger partial charge in [-0.25, -0.2) is 9.13 Å². The van der Waals surface area contributed by atoms with Crippen molar-refractivity contribution in [1.82, 2.24) is 0 Å². The number of phosphoric acid groups is 2. The van der Waals surface area contributed by atoms with Crippen LogP contribution >= 0.6 is 15.6 Å². The average molecular weight is 1560 g/mol. The lowest BCUT2D eigenvalue weighted by Crippen LogP contribution is -2.30. The largest absolute Gasteiger partial charge is 0.472 e. The Morgan fingerprint density at radius 2 is 0.374 bits per heavy atom. The number of esters is 4. The Hall–Kier alpha value is -1.94. The third kappa shape index (κ3) is 81.9. The molecule has 5 atom stereocenters. The van der Waals surface area contributed by atoms with Crippen molar-refractivity contribution in [2.75, 3.05) is 39.6 Å². The highest BCUT2D eigenvalue weighted by Crippen LogP contribution is 2.45. The molecular formula is C88H172O17P2. The number of hydrogen-bond acceptors (Lipinski definition) is 15. The van der Waals surface area contributed by atoms with E-state index in [4.69, 9.17) is 37.0 Å². The van der Waals surface area contributed by atoms with Gasteiger partial charge >= 0.3 is 39.5 Å². The van der Waals surface area contributed by atoms with Crippen LogP contribution in [0.4, 0.5) is 0 Å². The van der Waals surface area contributed by atoms with Crippen LogP contribution < -0.4 is 0 Å². The summed E-state index contributed by atoms with van der Waals surface area (Å²) in [7, 11) is -9.93. The van der Waals surface area contributed by atoms with Gasteiger partial charge in [-0.1, -0.05) is 432 Å². The fourth-order valence-corrected chi connectivity index (χ4v) is 15.5. The lowest BCUT2D eigenvalue weighted by Gasteiger charge is -2.21. The minimum absolute atomic E-state index is 0.109. The molecule has 0 aromatic carbocycles. The van der Waals surface area contributed by atoms with Crippen molar-refractivity contribution in [3.05, 3.63) is 0 Å². The first-order valence-corrected chi connectivity index (χ1v) is 48.8. The predicted octanol–water partition coefficient (Wildman–Crippen LogP) is 27.3. The van der Waals surface area contributed by atoms with Crippen LogP contribution in [0, 0.1) is 0 Å². The number of aliphatic hydroxyl groups is 1. The Morgan fingerprint density at radius 3 is 0.551 bits per heavy atom. The molecule has 0 rings (SSSR count). The van der Waals surface area contributed by atoms with E-state index >= 15 is 0 Å². The van der Waals surface area contributed by atoms with Crippen LogP contribution in [0.15, 0.2) is 0 Å². The highest BCUT2D eigenvalue weighted by Gasteiger charge is 2.30. The van der Waals surface area contributed by atoms with E-state index in [0.717, 1.165) is 89.9 Å². The number of unbranched alkanes of at least 4 members (excludes halogenated alkanes) is 63. The van der Waals surface area contributed by atoms with Crippen molar-refractivity contribution in [3.8, 4) is 0 Å². The minimum atomic E-state index is -4.97. The molecule has 0 aromatic rings. The number of hydrogen-bond donors (Lipinski definition) is 3. The zero-order valence-corrected chi connectivity index (χ0v) is 71.9. The second kappa shape index (κ2) is 82.1. The molecular weight excluding hydrogens is 1390 g/mol. The summed E-state index contributed by atoms with van der Waals surface area (Å²) in [5, 5.41) is 10.7. The third-order valence-electron chi connectivity index (χ3n) is 20.9. The van der Waals surface area contributed by atoms with Crippen LogP contribution in [-0.4, -0.2) is 96.7 Å². The van der Waals surface area contributed by atoms with Gasteiger partial charge in [-0.15, -0.1) is 0 Å². The van der Waals surface area contributed by atoms with E-state index in [1.165, 1.54) is 315 Å². The smallest absolute Gasteiger partial charge is 0.462 e. The van der Waals surface area contributed by atoms with Gasteiger partial charge in [-0.05, 0) is 25.7 Å². The van der Waals surface area contributed by atoms with Crippen molar-refractivity contribution >= 4 is 39.5 Å². The quantitative estimate of drug-likeness (QED) is 0.0222. The monoisotopic (exact) mass is 1560 g/mol. The maximum Gasteiger partial charge on any atom is 0.472 e. The van der Waals surface area contributed by atoms with Crippen LogP contribution in [0.1, 0.15) is 484 Å². The summed E-state index contributed by atoms with van der Waals surface area (Å²) in [5.41, 5.74) is 0. The second-order valence-corrected chi connectivity index (χ2v) is 34.5.